The van der Waals surface area contributed by atoms with E-state index < -0.39 is 12.2 Å². The Morgan fingerprint density at radius 3 is 2.47 bits per heavy atom. The molecule has 102 valence electrons. The van der Waals surface area contributed by atoms with Crippen molar-refractivity contribution in [2.45, 2.75) is 25.7 Å². The third-order valence-corrected chi connectivity index (χ3v) is 2.49. The molecule has 0 aliphatic carbocycles. The molecule has 1 heterocycles. The second kappa shape index (κ2) is 5.40. The van der Waals surface area contributed by atoms with Crippen LogP contribution in [0.15, 0.2) is 34.9 Å². The average Bonchev–Trinajstić information content (AvgIpc) is 2.75. The van der Waals surface area contributed by atoms with Crippen LogP contribution in [-0.2, 0) is 6.54 Å². The van der Waals surface area contributed by atoms with E-state index in [9.17, 15) is 13.2 Å². The van der Waals surface area contributed by atoms with Crippen LogP contribution in [0.1, 0.15) is 23.3 Å². The number of nitrogens with zero attached hydrogens (tertiary/aromatic N) is 2. The van der Waals surface area contributed by atoms with Crippen molar-refractivity contribution in [1.29, 1.82) is 0 Å². The summed E-state index contributed by atoms with van der Waals surface area (Å²) in [6, 6.07) is 5.87. The van der Waals surface area contributed by atoms with Crippen LogP contribution in [0.4, 0.5) is 13.2 Å². The zero-order valence-electron chi connectivity index (χ0n) is 10.1. The third kappa shape index (κ3) is 3.54. The zero-order chi connectivity index (χ0) is 13.9. The Labute approximate surface area is 107 Å². The fourth-order valence-electron chi connectivity index (χ4n) is 1.67. The molecule has 7 heteroatoms. The number of rotatable bonds is 4. The highest BCUT2D eigenvalue weighted by Crippen LogP contribution is 2.32. The molecule has 2 rings (SSSR count). The SMILES string of the molecule is Cc1noc(CNC(c2ccccc2)C(F)(F)F)n1. The Kier molecular flexibility index (Phi) is 3.84. The van der Waals surface area contributed by atoms with Gasteiger partial charge in [-0.3, -0.25) is 5.32 Å². The minimum absolute atomic E-state index is 0.127. The molecule has 0 saturated carbocycles. The standard InChI is InChI=1S/C12H12F3N3O/c1-8-17-10(19-18-8)7-16-11(12(13,14)15)9-5-3-2-4-6-9/h2-6,11,16H,7H2,1H3. The molecule has 0 bridgehead atoms. The molecular formula is C12H12F3N3O. The van der Waals surface area contributed by atoms with Gasteiger partial charge in [0.2, 0.25) is 5.89 Å². The van der Waals surface area contributed by atoms with E-state index in [1.54, 1.807) is 25.1 Å². The predicted molar refractivity (Wildman–Crippen MR) is 61.1 cm³/mol. The molecule has 4 nitrogen and oxygen atoms in total. The number of hydrogen-bond donors (Lipinski definition) is 1. The highest BCUT2D eigenvalue weighted by molar-refractivity contribution is 5.20. The van der Waals surface area contributed by atoms with Crippen LogP contribution in [0.3, 0.4) is 0 Å². The van der Waals surface area contributed by atoms with E-state index >= 15 is 0 Å². The first-order chi connectivity index (χ1) is 8.97. The summed E-state index contributed by atoms with van der Waals surface area (Å²) in [7, 11) is 0. The molecule has 0 aliphatic heterocycles. The highest BCUT2D eigenvalue weighted by Gasteiger charge is 2.40. The van der Waals surface area contributed by atoms with Crippen molar-refractivity contribution < 1.29 is 17.7 Å². The van der Waals surface area contributed by atoms with Gasteiger partial charge in [-0.1, -0.05) is 35.5 Å². The van der Waals surface area contributed by atoms with Crippen LogP contribution in [0.25, 0.3) is 0 Å². The number of nitrogens with one attached hydrogen (secondary N) is 1. The summed E-state index contributed by atoms with van der Waals surface area (Å²) in [4.78, 5) is 3.85. The molecule has 1 aromatic carbocycles. The van der Waals surface area contributed by atoms with Crippen molar-refractivity contribution >= 4 is 0 Å². The Hall–Kier alpha value is -1.89. The molecule has 0 aliphatic rings. The number of halogens is 3. The van der Waals surface area contributed by atoms with Crippen molar-refractivity contribution in [3.63, 3.8) is 0 Å². The van der Waals surface area contributed by atoms with Crippen LogP contribution in [0.2, 0.25) is 0 Å². The van der Waals surface area contributed by atoms with Gasteiger partial charge in [0.15, 0.2) is 5.82 Å². The van der Waals surface area contributed by atoms with Crippen molar-refractivity contribution in [3.8, 4) is 0 Å². The maximum Gasteiger partial charge on any atom is 0.407 e. The maximum absolute atomic E-state index is 13.0. The van der Waals surface area contributed by atoms with Gasteiger partial charge in [-0.2, -0.15) is 18.2 Å². The number of hydrogen-bond acceptors (Lipinski definition) is 4. The molecule has 1 atom stereocenters. The monoisotopic (exact) mass is 271 g/mol. The van der Waals surface area contributed by atoms with Crippen LogP contribution in [-0.4, -0.2) is 16.3 Å². The third-order valence-electron chi connectivity index (χ3n) is 2.49. The first-order valence-corrected chi connectivity index (χ1v) is 5.61. The van der Waals surface area contributed by atoms with Crippen molar-refractivity contribution in [3.05, 3.63) is 47.6 Å². The van der Waals surface area contributed by atoms with E-state index in [0.717, 1.165) is 0 Å². The summed E-state index contributed by atoms with van der Waals surface area (Å²) >= 11 is 0. The molecule has 1 unspecified atom stereocenters. The van der Waals surface area contributed by atoms with Gasteiger partial charge in [-0.25, -0.2) is 0 Å². The van der Waals surface area contributed by atoms with E-state index in [0.29, 0.717) is 5.82 Å². The lowest BCUT2D eigenvalue weighted by molar-refractivity contribution is -0.158. The molecule has 2 aromatic rings. The molecule has 0 spiro atoms. The minimum Gasteiger partial charge on any atom is -0.338 e. The lowest BCUT2D eigenvalue weighted by atomic mass is 10.1. The average molecular weight is 271 g/mol. The van der Waals surface area contributed by atoms with Gasteiger partial charge < -0.3 is 4.52 Å². The van der Waals surface area contributed by atoms with E-state index in [-0.39, 0.29) is 18.0 Å². The second-order valence-corrected chi connectivity index (χ2v) is 4.00. The van der Waals surface area contributed by atoms with Crippen molar-refractivity contribution in [2.24, 2.45) is 0 Å². The number of aromatic nitrogens is 2. The predicted octanol–water partition coefficient (Wildman–Crippen LogP) is 2.77. The fraction of sp³-hybridized carbons (Fsp3) is 0.333. The number of benzene rings is 1. The van der Waals surface area contributed by atoms with Crippen LogP contribution in [0, 0.1) is 6.92 Å². The quantitative estimate of drug-likeness (QED) is 0.929. The van der Waals surface area contributed by atoms with E-state index in [1.165, 1.54) is 12.1 Å². The molecule has 0 saturated heterocycles. The zero-order valence-corrected chi connectivity index (χ0v) is 10.1. The maximum atomic E-state index is 13.0. The van der Waals surface area contributed by atoms with Crippen molar-refractivity contribution in [1.82, 2.24) is 15.5 Å². The number of alkyl halides is 3. The summed E-state index contributed by atoms with van der Waals surface area (Å²) in [5.74, 6) is 0.516. The topological polar surface area (TPSA) is 51.0 Å². The van der Waals surface area contributed by atoms with Gasteiger partial charge in [-0.05, 0) is 12.5 Å². The van der Waals surface area contributed by atoms with Gasteiger partial charge in [-0.15, -0.1) is 0 Å². The minimum atomic E-state index is -4.39. The first kappa shape index (κ1) is 13.5. The molecule has 0 fully saturated rings. The largest absolute Gasteiger partial charge is 0.407 e. The Bertz CT molecular complexity index is 525. The van der Waals surface area contributed by atoms with E-state index in [1.807, 2.05) is 0 Å². The molecule has 0 radical (unpaired) electrons. The lowest BCUT2D eigenvalue weighted by Crippen LogP contribution is -2.33. The second-order valence-electron chi connectivity index (χ2n) is 4.00. The van der Waals surface area contributed by atoms with Crippen LogP contribution >= 0.6 is 0 Å². The summed E-state index contributed by atoms with van der Waals surface area (Å²) in [5, 5.41) is 5.91. The molecule has 0 amide bonds. The molecule has 1 N–H and O–H groups in total. The summed E-state index contributed by atoms with van der Waals surface area (Å²) in [5.41, 5.74) is 0.145. The van der Waals surface area contributed by atoms with Crippen LogP contribution < -0.4 is 5.32 Å². The molecule has 19 heavy (non-hydrogen) atoms. The van der Waals surface area contributed by atoms with Gasteiger partial charge in [0, 0.05) is 0 Å². The van der Waals surface area contributed by atoms with Gasteiger partial charge in [0.25, 0.3) is 0 Å². The van der Waals surface area contributed by atoms with Gasteiger partial charge in [0.1, 0.15) is 6.04 Å². The number of aryl methyl sites for hydroxylation is 1. The first-order valence-electron chi connectivity index (χ1n) is 5.61. The lowest BCUT2D eigenvalue weighted by Gasteiger charge is -2.21. The smallest absolute Gasteiger partial charge is 0.338 e. The van der Waals surface area contributed by atoms with Gasteiger partial charge >= 0.3 is 6.18 Å². The molecular weight excluding hydrogens is 259 g/mol. The Morgan fingerprint density at radius 1 is 1.26 bits per heavy atom. The highest BCUT2D eigenvalue weighted by atomic mass is 19.4. The Morgan fingerprint density at radius 2 is 1.95 bits per heavy atom. The fourth-order valence-corrected chi connectivity index (χ4v) is 1.67. The normalized spacial score (nSPS) is 13.5. The van der Waals surface area contributed by atoms with Crippen molar-refractivity contribution in [2.75, 3.05) is 0 Å². The van der Waals surface area contributed by atoms with Crippen LogP contribution in [0.5, 0.6) is 0 Å². The summed E-state index contributed by atoms with van der Waals surface area (Å²) in [6.07, 6.45) is -4.39. The summed E-state index contributed by atoms with van der Waals surface area (Å²) < 4.78 is 43.7. The Balaban J connectivity index is 2.11. The van der Waals surface area contributed by atoms with E-state index in [4.69, 9.17) is 4.52 Å². The molecule has 1 aromatic heterocycles. The van der Waals surface area contributed by atoms with E-state index in [2.05, 4.69) is 15.5 Å². The summed E-state index contributed by atoms with van der Waals surface area (Å²) in [6.45, 7) is 1.46. The van der Waals surface area contributed by atoms with Gasteiger partial charge in [0.05, 0.1) is 6.54 Å².